The standard InChI is InChI=1S/C10H11BrFNS/c1-6-5-13-10(14-6)8-3-2-7(11)4-9(8)12/h2-4,6,10,13H,5H2,1H3. The van der Waals surface area contributed by atoms with Crippen LogP contribution in [0.1, 0.15) is 17.9 Å². The second-order valence-electron chi connectivity index (χ2n) is 3.40. The molecular formula is C10H11BrFNS. The monoisotopic (exact) mass is 275 g/mol. The lowest BCUT2D eigenvalue weighted by atomic mass is 10.2. The summed E-state index contributed by atoms with van der Waals surface area (Å²) in [6, 6.07) is 5.23. The molecule has 1 aromatic carbocycles. The second kappa shape index (κ2) is 4.21. The van der Waals surface area contributed by atoms with Crippen LogP contribution in [-0.2, 0) is 0 Å². The van der Waals surface area contributed by atoms with E-state index in [0.717, 1.165) is 16.6 Å². The van der Waals surface area contributed by atoms with E-state index in [2.05, 4.69) is 28.2 Å². The smallest absolute Gasteiger partial charge is 0.129 e. The molecule has 0 aliphatic carbocycles. The van der Waals surface area contributed by atoms with Gasteiger partial charge < -0.3 is 5.32 Å². The van der Waals surface area contributed by atoms with Crippen LogP contribution in [0.4, 0.5) is 4.39 Å². The number of benzene rings is 1. The van der Waals surface area contributed by atoms with E-state index in [1.807, 2.05) is 12.1 Å². The lowest BCUT2D eigenvalue weighted by molar-refractivity contribution is 0.592. The minimum Gasteiger partial charge on any atom is -0.300 e. The van der Waals surface area contributed by atoms with Gasteiger partial charge in [-0.25, -0.2) is 4.39 Å². The summed E-state index contributed by atoms with van der Waals surface area (Å²) in [4.78, 5) is 0. The first-order valence-corrected chi connectivity index (χ1v) is 6.24. The number of nitrogens with one attached hydrogen (secondary N) is 1. The summed E-state index contributed by atoms with van der Waals surface area (Å²) in [7, 11) is 0. The van der Waals surface area contributed by atoms with Crippen LogP contribution in [0.25, 0.3) is 0 Å². The van der Waals surface area contributed by atoms with Crippen molar-refractivity contribution in [3.63, 3.8) is 0 Å². The molecule has 4 heteroatoms. The maximum absolute atomic E-state index is 13.5. The van der Waals surface area contributed by atoms with Crippen LogP contribution in [0.3, 0.4) is 0 Å². The summed E-state index contributed by atoms with van der Waals surface area (Å²) in [6.07, 6.45) is 0. The van der Waals surface area contributed by atoms with Crippen LogP contribution >= 0.6 is 27.7 Å². The van der Waals surface area contributed by atoms with Gasteiger partial charge in [-0.2, -0.15) is 0 Å². The van der Waals surface area contributed by atoms with E-state index in [1.54, 1.807) is 11.8 Å². The van der Waals surface area contributed by atoms with Gasteiger partial charge in [0.2, 0.25) is 0 Å². The number of hydrogen-bond acceptors (Lipinski definition) is 2. The Hall–Kier alpha value is -0.0600. The highest BCUT2D eigenvalue weighted by Gasteiger charge is 2.24. The summed E-state index contributed by atoms with van der Waals surface area (Å²) >= 11 is 5.02. The van der Waals surface area contributed by atoms with E-state index in [-0.39, 0.29) is 11.2 Å². The molecule has 1 saturated heterocycles. The van der Waals surface area contributed by atoms with Crippen molar-refractivity contribution >= 4 is 27.7 Å². The van der Waals surface area contributed by atoms with E-state index in [1.165, 1.54) is 6.07 Å². The first-order valence-electron chi connectivity index (χ1n) is 4.50. The lowest BCUT2D eigenvalue weighted by Crippen LogP contribution is -2.14. The zero-order valence-electron chi connectivity index (χ0n) is 7.76. The van der Waals surface area contributed by atoms with Crippen molar-refractivity contribution in [2.45, 2.75) is 17.5 Å². The van der Waals surface area contributed by atoms with E-state index < -0.39 is 0 Å². The third-order valence-electron chi connectivity index (χ3n) is 2.20. The summed E-state index contributed by atoms with van der Waals surface area (Å²) in [5.74, 6) is -0.140. The maximum atomic E-state index is 13.5. The molecule has 1 aliphatic rings. The average molecular weight is 276 g/mol. The Morgan fingerprint density at radius 2 is 2.36 bits per heavy atom. The largest absolute Gasteiger partial charge is 0.300 e. The van der Waals surface area contributed by atoms with Gasteiger partial charge in [-0.3, -0.25) is 0 Å². The van der Waals surface area contributed by atoms with Crippen molar-refractivity contribution in [1.29, 1.82) is 0 Å². The molecule has 2 unspecified atom stereocenters. The quantitative estimate of drug-likeness (QED) is 0.844. The molecule has 2 rings (SSSR count). The Kier molecular flexibility index (Phi) is 3.14. The molecule has 0 amide bonds. The van der Waals surface area contributed by atoms with Gasteiger partial charge in [0, 0.05) is 21.8 Å². The molecule has 1 N–H and O–H groups in total. The number of thioether (sulfide) groups is 1. The molecule has 0 aromatic heterocycles. The minimum absolute atomic E-state index is 0.109. The molecule has 1 aromatic rings. The molecule has 2 atom stereocenters. The van der Waals surface area contributed by atoms with Crippen molar-refractivity contribution in [2.75, 3.05) is 6.54 Å². The average Bonchev–Trinajstić information content (AvgIpc) is 2.51. The van der Waals surface area contributed by atoms with Gasteiger partial charge in [0.05, 0.1) is 5.37 Å². The highest BCUT2D eigenvalue weighted by atomic mass is 79.9. The molecule has 1 nitrogen and oxygen atoms in total. The molecule has 0 radical (unpaired) electrons. The third-order valence-corrected chi connectivity index (χ3v) is 4.02. The Balaban J connectivity index is 2.24. The van der Waals surface area contributed by atoms with Crippen LogP contribution in [0.2, 0.25) is 0 Å². The van der Waals surface area contributed by atoms with E-state index in [4.69, 9.17) is 0 Å². The summed E-state index contributed by atoms with van der Waals surface area (Å²) in [5.41, 5.74) is 0.752. The normalized spacial score (nSPS) is 26.8. The Bertz CT molecular complexity index is 345. The molecule has 14 heavy (non-hydrogen) atoms. The maximum Gasteiger partial charge on any atom is 0.129 e. The first kappa shape index (κ1) is 10.5. The van der Waals surface area contributed by atoms with Crippen LogP contribution in [0.15, 0.2) is 22.7 Å². The van der Waals surface area contributed by atoms with Crippen molar-refractivity contribution in [3.8, 4) is 0 Å². The fraction of sp³-hybridized carbons (Fsp3) is 0.400. The minimum atomic E-state index is -0.140. The lowest BCUT2D eigenvalue weighted by Gasteiger charge is -2.11. The molecule has 76 valence electrons. The van der Waals surface area contributed by atoms with Crippen LogP contribution in [-0.4, -0.2) is 11.8 Å². The first-order chi connectivity index (χ1) is 6.66. The van der Waals surface area contributed by atoms with Crippen LogP contribution in [0.5, 0.6) is 0 Å². The molecule has 1 heterocycles. The highest BCUT2D eigenvalue weighted by molar-refractivity contribution is 9.10. The SMILES string of the molecule is CC1CNC(c2ccc(Br)cc2F)S1. The van der Waals surface area contributed by atoms with Gasteiger partial charge in [0.1, 0.15) is 5.82 Å². The molecule has 0 bridgehead atoms. The topological polar surface area (TPSA) is 12.0 Å². The number of rotatable bonds is 1. The predicted molar refractivity (Wildman–Crippen MR) is 61.9 cm³/mol. The second-order valence-corrected chi connectivity index (χ2v) is 5.86. The van der Waals surface area contributed by atoms with Crippen molar-refractivity contribution in [3.05, 3.63) is 34.1 Å². The van der Waals surface area contributed by atoms with Crippen molar-refractivity contribution in [1.82, 2.24) is 5.32 Å². The van der Waals surface area contributed by atoms with Crippen molar-refractivity contribution in [2.24, 2.45) is 0 Å². The van der Waals surface area contributed by atoms with Gasteiger partial charge in [-0.05, 0) is 12.1 Å². The summed E-state index contributed by atoms with van der Waals surface area (Å²) < 4.78 is 14.3. The number of halogens is 2. The fourth-order valence-corrected chi connectivity index (χ4v) is 3.02. The van der Waals surface area contributed by atoms with E-state index in [9.17, 15) is 4.39 Å². The van der Waals surface area contributed by atoms with Gasteiger partial charge >= 0.3 is 0 Å². The van der Waals surface area contributed by atoms with Crippen molar-refractivity contribution < 1.29 is 4.39 Å². The fourth-order valence-electron chi connectivity index (χ4n) is 1.50. The van der Waals surface area contributed by atoms with E-state index >= 15 is 0 Å². The zero-order chi connectivity index (χ0) is 10.1. The predicted octanol–water partition coefficient (Wildman–Crippen LogP) is 3.31. The molecule has 1 fully saturated rings. The summed E-state index contributed by atoms with van der Waals surface area (Å²) in [5, 5.41) is 3.96. The Morgan fingerprint density at radius 3 is 2.93 bits per heavy atom. The van der Waals surface area contributed by atoms with Gasteiger partial charge in [0.25, 0.3) is 0 Å². The highest BCUT2D eigenvalue weighted by Crippen LogP contribution is 2.36. The van der Waals surface area contributed by atoms with Crippen LogP contribution in [0, 0.1) is 5.82 Å². The van der Waals surface area contributed by atoms with E-state index in [0.29, 0.717) is 5.25 Å². The Morgan fingerprint density at radius 1 is 1.57 bits per heavy atom. The molecular weight excluding hydrogens is 265 g/mol. The third kappa shape index (κ3) is 2.12. The Labute approximate surface area is 95.6 Å². The molecule has 0 spiro atoms. The zero-order valence-corrected chi connectivity index (χ0v) is 10.2. The molecule has 0 saturated carbocycles. The van der Waals surface area contributed by atoms with Gasteiger partial charge in [-0.15, -0.1) is 11.8 Å². The summed E-state index contributed by atoms with van der Waals surface area (Å²) in [6.45, 7) is 3.10. The van der Waals surface area contributed by atoms with Crippen LogP contribution < -0.4 is 5.32 Å². The van der Waals surface area contributed by atoms with Gasteiger partial charge in [-0.1, -0.05) is 28.9 Å². The van der Waals surface area contributed by atoms with Gasteiger partial charge in [0.15, 0.2) is 0 Å². The molecule has 1 aliphatic heterocycles. The number of hydrogen-bond donors (Lipinski definition) is 1.